The Morgan fingerprint density at radius 1 is 0.963 bits per heavy atom. The number of esters is 1. The smallest absolute Gasteiger partial charge is 0.302 e. The van der Waals surface area contributed by atoms with Gasteiger partial charge in [-0.2, -0.15) is 0 Å². The molecule has 0 aromatic carbocycles. The molecule has 27 heavy (non-hydrogen) atoms. The number of Topliss-reactive ketones (excluding diaryl/α,β-unsaturated/α-hetero) is 1. The van der Waals surface area contributed by atoms with Crippen molar-refractivity contribution in [2.75, 3.05) is 0 Å². The lowest BCUT2D eigenvalue weighted by Gasteiger charge is -2.61. The molecule has 4 aliphatic carbocycles. The number of hydrogen-bond donors (Lipinski definition) is 0. The number of rotatable bonds is 2. The van der Waals surface area contributed by atoms with E-state index in [1.165, 1.54) is 32.6 Å². The molecule has 1 heterocycles. The van der Waals surface area contributed by atoms with E-state index in [1.54, 1.807) is 6.92 Å². The van der Waals surface area contributed by atoms with Crippen LogP contribution in [0, 0.1) is 34.5 Å². The van der Waals surface area contributed by atoms with E-state index in [1.807, 2.05) is 0 Å². The van der Waals surface area contributed by atoms with Crippen LogP contribution >= 0.6 is 0 Å². The van der Waals surface area contributed by atoms with Gasteiger partial charge < -0.3 is 9.47 Å². The Balaban J connectivity index is 1.39. The van der Waals surface area contributed by atoms with Gasteiger partial charge in [-0.15, -0.1) is 0 Å². The molecule has 0 unspecified atom stereocenters. The maximum absolute atomic E-state index is 12.5. The van der Waals surface area contributed by atoms with Crippen molar-refractivity contribution in [3.05, 3.63) is 0 Å². The summed E-state index contributed by atoms with van der Waals surface area (Å²) in [6, 6.07) is 0. The summed E-state index contributed by atoms with van der Waals surface area (Å²) in [6.45, 7) is 8.15. The van der Waals surface area contributed by atoms with E-state index < -0.39 is 5.60 Å². The molecule has 0 spiro atoms. The molecular weight excluding hydrogens is 340 g/mol. The zero-order valence-electron chi connectivity index (χ0n) is 17.3. The van der Waals surface area contributed by atoms with E-state index in [-0.39, 0.29) is 29.4 Å². The quantitative estimate of drug-likeness (QED) is 0.534. The lowest BCUT2D eigenvalue weighted by molar-refractivity contribution is -0.165. The topological polar surface area (TPSA) is 55.9 Å². The Labute approximate surface area is 162 Å². The van der Waals surface area contributed by atoms with E-state index in [9.17, 15) is 9.59 Å². The summed E-state index contributed by atoms with van der Waals surface area (Å²) in [5, 5.41) is 0. The van der Waals surface area contributed by atoms with Crippen LogP contribution in [0.2, 0.25) is 0 Å². The minimum absolute atomic E-state index is 0.0445. The molecule has 4 saturated carbocycles. The van der Waals surface area contributed by atoms with Crippen molar-refractivity contribution < 1.29 is 19.1 Å². The fourth-order valence-electron chi connectivity index (χ4n) is 8.63. The number of ether oxygens (including phenoxy) is 2. The molecule has 0 aromatic rings. The van der Waals surface area contributed by atoms with Crippen LogP contribution in [0.5, 0.6) is 0 Å². The van der Waals surface area contributed by atoms with Gasteiger partial charge in [-0.05, 0) is 87.4 Å². The third kappa shape index (κ3) is 2.20. The molecule has 9 atom stereocenters. The fourth-order valence-corrected chi connectivity index (χ4v) is 8.63. The first-order valence-electron chi connectivity index (χ1n) is 11.1. The first-order valence-corrected chi connectivity index (χ1v) is 11.1. The predicted octanol–water partition coefficient (Wildman–Crippen LogP) is 4.30. The summed E-state index contributed by atoms with van der Waals surface area (Å²) < 4.78 is 11.6. The predicted molar refractivity (Wildman–Crippen MR) is 101 cm³/mol. The molecule has 0 amide bonds. The summed E-state index contributed by atoms with van der Waals surface area (Å²) in [4.78, 5) is 23.9. The normalized spacial score (nSPS) is 55.6. The average molecular weight is 375 g/mol. The number of carbonyl (C=O) groups excluding carboxylic acids is 2. The summed E-state index contributed by atoms with van der Waals surface area (Å²) in [6.07, 6.45) is 9.53. The van der Waals surface area contributed by atoms with Crippen LogP contribution in [0.4, 0.5) is 0 Å². The molecule has 150 valence electrons. The van der Waals surface area contributed by atoms with Gasteiger partial charge in [-0.25, -0.2) is 0 Å². The van der Waals surface area contributed by atoms with Gasteiger partial charge in [-0.3, -0.25) is 9.59 Å². The zero-order valence-corrected chi connectivity index (χ0v) is 17.3. The molecule has 5 rings (SSSR count). The van der Waals surface area contributed by atoms with Crippen molar-refractivity contribution in [2.45, 2.75) is 96.9 Å². The third-order valence-electron chi connectivity index (χ3n) is 9.90. The van der Waals surface area contributed by atoms with E-state index in [0.29, 0.717) is 17.3 Å². The van der Waals surface area contributed by atoms with Crippen LogP contribution in [-0.2, 0) is 19.1 Å². The fraction of sp³-hybridized carbons (Fsp3) is 0.913. The first-order chi connectivity index (χ1) is 12.7. The monoisotopic (exact) mass is 374 g/mol. The molecule has 5 aliphatic rings. The Morgan fingerprint density at radius 2 is 1.74 bits per heavy atom. The summed E-state index contributed by atoms with van der Waals surface area (Å²) in [7, 11) is 0. The molecule has 0 bridgehead atoms. The van der Waals surface area contributed by atoms with E-state index in [4.69, 9.17) is 9.47 Å². The Bertz CT molecular complexity index is 688. The zero-order chi connectivity index (χ0) is 19.2. The highest BCUT2D eigenvalue weighted by atomic mass is 16.6. The lowest BCUT2D eigenvalue weighted by Crippen LogP contribution is -2.56. The van der Waals surface area contributed by atoms with Crippen molar-refractivity contribution in [1.29, 1.82) is 0 Å². The van der Waals surface area contributed by atoms with Gasteiger partial charge in [0.25, 0.3) is 0 Å². The van der Waals surface area contributed by atoms with Gasteiger partial charge in [0.05, 0.1) is 6.10 Å². The Morgan fingerprint density at radius 3 is 2.44 bits per heavy atom. The molecular formula is C23H34O4. The highest BCUT2D eigenvalue weighted by molar-refractivity contribution is 5.90. The molecule has 0 aromatic heterocycles. The van der Waals surface area contributed by atoms with Crippen LogP contribution in [0.3, 0.4) is 0 Å². The molecule has 1 saturated heterocycles. The second kappa shape index (κ2) is 5.58. The summed E-state index contributed by atoms with van der Waals surface area (Å²) in [5.41, 5.74) is -0.0336. The molecule has 1 aliphatic heterocycles. The van der Waals surface area contributed by atoms with Gasteiger partial charge >= 0.3 is 5.97 Å². The highest BCUT2D eigenvalue weighted by Gasteiger charge is 2.79. The van der Waals surface area contributed by atoms with Crippen LogP contribution < -0.4 is 0 Å². The van der Waals surface area contributed by atoms with Gasteiger partial charge in [-0.1, -0.05) is 13.8 Å². The number of fused-ring (bicyclic) bond motifs is 7. The van der Waals surface area contributed by atoms with Crippen molar-refractivity contribution in [3.8, 4) is 0 Å². The van der Waals surface area contributed by atoms with Crippen LogP contribution in [-0.4, -0.2) is 29.6 Å². The Kier molecular flexibility index (Phi) is 3.75. The van der Waals surface area contributed by atoms with E-state index in [0.717, 1.165) is 37.5 Å². The number of carbonyl (C=O) groups is 2. The lowest BCUT2D eigenvalue weighted by atomic mass is 9.44. The van der Waals surface area contributed by atoms with Crippen LogP contribution in [0.15, 0.2) is 0 Å². The number of ketones is 1. The van der Waals surface area contributed by atoms with Gasteiger partial charge in [0.15, 0.2) is 11.4 Å². The largest absolute Gasteiger partial charge is 0.463 e. The van der Waals surface area contributed by atoms with Crippen molar-refractivity contribution in [3.63, 3.8) is 0 Å². The van der Waals surface area contributed by atoms with Gasteiger partial charge in [0.2, 0.25) is 0 Å². The standard InChI is InChI=1S/C23H34O4/c1-13(24)23-20(27-23)12-19-17-6-5-15-11-16(26-14(2)25)7-9-21(15,3)18(17)8-10-22(19,23)4/h15-20H,5-12H2,1-4H3/t15-,16+,17+,18-,19-,20+,21-,22-,23+/m0/s1. The molecule has 0 N–H and O–H groups in total. The number of epoxide rings is 1. The van der Waals surface area contributed by atoms with Crippen molar-refractivity contribution in [1.82, 2.24) is 0 Å². The van der Waals surface area contributed by atoms with Gasteiger partial charge in [0.1, 0.15) is 6.10 Å². The van der Waals surface area contributed by atoms with Crippen molar-refractivity contribution >= 4 is 11.8 Å². The molecule has 5 fully saturated rings. The van der Waals surface area contributed by atoms with Crippen molar-refractivity contribution in [2.24, 2.45) is 34.5 Å². The second-order valence-corrected chi connectivity index (χ2v) is 10.8. The van der Waals surface area contributed by atoms with E-state index >= 15 is 0 Å². The second-order valence-electron chi connectivity index (χ2n) is 10.8. The third-order valence-corrected chi connectivity index (χ3v) is 9.90. The minimum Gasteiger partial charge on any atom is -0.463 e. The summed E-state index contributed by atoms with van der Waals surface area (Å²) in [5.74, 6) is 2.94. The Hall–Kier alpha value is -0.900. The maximum Gasteiger partial charge on any atom is 0.302 e. The van der Waals surface area contributed by atoms with E-state index in [2.05, 4.69) is 13.8 Å². The van der Waals surface area contributed by atoms with Gasteiger partial charge in [0, 0.05) is 12.3 Å². The maximum atomic E-state index is 12.5. The first kappa shape index (κ1) is 18.1. The highest BCUT2D eigenvalue weighted by Crippen LogP contribution is 2.73. The molecule has 4 heteroatoms. The average Bonchev–Trinajstić information content (AvgIpc) is 3.27. The van der Waals surface area contributed by atoms with Crippen LogP contribution in [0.25, 0.3) is 0 Å². The molecule has 0 radical (unpaired) electrons. The number of hydrogen-bond acceptors (Lipinski definition) is 4. The minimum atomic E-state index is -0.451. The van der Waals surface area contributed by atoms with Crippen LogP contribution in [0.1, 0.15) is 79.1 Å². The SMILES string of the molecule is CC(=O)O[C@@H]1CC[C@@]2(C)[C@@H](CC[C@@H]3[C@@H]2CC[C@@]2(C)[C@H]3C[C@H]3O[C@]32C(C)=O)C1. The summed E-state index contributed by atoms with van der Waals surface area (Å²) >= 11 is 0. The molecule has 4 nitrogen and oxygen atoms in total.